The SMILES string of the molecule is CCCCCCCCCC[C@@H](O)[C@H]1CC[C@H]([C@H](O)CCC(O)C2CCC(CCCCCCCC3CC(CC(C)=O)C(=O)O3)O2)O1. The molecule has 45 heavy (non-hydrogen) atoms. The van der Waals surface area contributed by atoms with Crippen molar-refractivity contribution in [3.8, 4) is 0 Å². The predicted molar refractivity (Wildman–Crippen MR) is 176 cm³/mol. The van der Waals surface area contributed by atoms with Gasteiger partial charge in [-0.3, -0.25) is 4.79 Å². The number of cyclic esters (lactones) is 1. The summed E-state index contributed by atoms with van der Waals surface area (Å²) in [5.41, 5.74) is 0. The second-order valence-electron chi connectivity index (χ2n) is 14.4. The van der Waals surface area contributed by atoms with Crippen LogP contribution in [0.3, 0.4) is 0 Å². The van der Waals surface area contributed by atoms with Crippen LogP contribution in [0.15, 0.2) is 0 Å². The van der Waals surface area contributed by atoms with Crippen LogP contribution in [0.4, 0.5) is 0 Å². The van der Waals surface area contributed by atoms with Gasteiger partial charge in [-0.25, -0.2) is 0 Å². The van der Waals surface area contributed by atoms with E-state index in [1.54, 1.807) is 0 Å². The molecule has 3 N–H and O–H groups in total. The van der Waals surface area contributed by atoms with Gasteiger partial charge in [0.1, 0.15) is 11.9 Å². The fraction of sp³-hybridized carbons (Fsp3) is 0.946. The minimum Gasteiger partial charge on any atom is -0.462 e. The Bertz CT molecular complexity index is 820. The Morgan fingerprint density at radius 1 is 0.667 bits per heavy atom. The number of carbonyl (C=O) groups is 2. The molecule has 0 aromatic heterocycles. The Morgan fingerprint density at radius 2 is 1.16 bits per heavy atom. The first-order valence-corrected chi connectivity index (χ1v) is 18.8. The van der Waals surface area contributed by atoms with Gasteiger partial charge in [-0.15, -0.1) is 0 Å². The summed E-state index contributed by atoms with van der Waals surface area (Å²) < 4.78 is 17.7. The first-order valence-electron chi connectivity index (χ1n) is 18.8. The Morgan fingerprint density at radius 3 is 1.76 bits per heavy atom. The highest BCUT2D eigenvalue weighted by atomic mass is 16.6. The van der Waals surface area contributed by atoms with E-state index < -0.39 is 18.3 Å². The summed E-state index contributed by atoms with van der Waals surface area (Å²) in [6.45, 7) is 3.77. The van der Waals surface area contributed by atoms with Crippen molar-refractivity contribution in [2.24, 2.45) is 5.92 Å². The van der Waals surface area contributed by atoms with Crippen LogP contribution < -0.4 is 0 Å². The third-order valence-corrected chi connectivity index (χ3v) is 10.4. The molecule has 0 amide bonds. The molecular weight excluding hydrogens is 572 g/mol. The number of esters is 1. The molecule has 0 aromatic rings. The largest absolute Gasteiger partial charge is 0.462 e. The third-order valence-electron chi connectivity index (χ3n) is 10.4. The molecule has 3 heterocycles. The maximum Gasteiger partial charge on any atom is 0.309 e. The van der Waals surface area contributed by atoms with Crippen LogP contribution in [0, 0.1) is 5.92 Å². The molecule has 0 saturated carbocycles. The lowest BCUT2D eigenvalue weighted by Crippen LogP contribution is -2.33. The number of hydrogen-bond donors (Lipinski definition) is 3. The summed E-state index contributed by atoms with van der Waals surface area (Å²) in [5, 5.41) is 32.1. The fourth-order valence-corrected chi connectivity index (χ4v) is 7.56. The van der Waals surface area contributed by atoms with Gasteiger partial charge >= 0.3 is 5.97 Å². The monoisotopic (exact) mass is 638 g/mol. The van der Waals surface area contributed by atoms with Gasteiger partial charge in [0.2, 0.25) is 0 Å². The standard InChI is InChI=1S/C37H66O8/c1-3-4-5-6-7-8-12-15-18-31(39)35-23-24-36(45-35)33(41)21-20-32(40)34-22-19-29(43-34)16-13-10-9-11-14-17-30-26-28(25-27(2)38)37(42)44-30/h28-36,39-41H,3-26H2,1-2H3/t28?,29?,30?,31-,32?,33-,34?,35-,36-/m1/s1. The van der Waals surface area contributed by atoms with Gasteiger partial charge in [0, 0.05) is 6.42 Å². The highest BCUT2D eigenvalue weighted by Gasteiger charge is 2.36. The normalized spacial score (nSPS) is 28.8. The van der Waals surface area contributed by atoms with Crippen molar-refractivity contribution >= 4 is 11.8 Å². The molecule has 9 atom stereocenters. The summed E-state index contributed by atoms with van der Waals surface area (Å²) in [6, 6.07) is 0. The lowest BCUT2D eigenvalue weighted by Gasteiger charge is -2.24. The molecule has 0 radical (unpaired) electrons. The number of unbranched alkanes of at least 4 members (excludes halogenated alkanes) is 11. The molecule has 3 fully saturated rings. The number of hydrogen-bond acceptors (Lipinski definition) is 8. The van der Waals surface area contributed by atoms with Crippen molar-refractivity contribution in [3.05, 3.63) is 0 Å². The predicted octanol–water partition coefficient (Wildman–Crippen LogP) is 7.12. The first-order chi connectivity index (χ1) is 21.8. The van der Waals surface area contributed by atoms with Crippen LogP contribution >= 0.6 is 0 Å². The van der Waals surface area contributed by atoms with E-state index in [0.717, 1.165) is 89.9 Å². The van der Waals surface area contributed by atoms with Crippen LogP contribution in [0.2, 0.25) is 0 Å². The number of ether oxygens (including phenoxy) is 3. The average molecular weight is 639 g/mol. The first kappa shape index (κ1) is 38.4. The third kappa shape index (κ3) is 14.7. The zero-order chi connectivity index (χ0) is 32.4. The van der Waals surface area contributed by atoms with Crippen molar-refractivity contribution in [3.63, 3.8) is 0 Å². The molecular formula is C37H66O8. The van der Waals surface area contributed by atoms with E-state index in [4.69, 9.17) is 14.2 Å². The molecule has 3 saturated heterocycles. The molecule has 3 rings (SSSR count). The van der Waals surface area contributed by atoms with Gasteiger partial charge < -0.3 is 34.3 Å². The summed E-state index contributed by atoms with van der Waals surface area (Å²) in [7, 11) is 0. The van der Waals surface area contributed by atoms with E-state index in [1.165, 1.54) is 45.4 Å². The van der Waals surface area contributed by atoms with E-state index in [9.17, 15) is 24.9 Å². The molecule has 5 unspecified atom stereocenters. The summed E-state index contributed by atoms with van der Waals surface area (Å²) >= 11 is 0. The minimum atomic E-state index is -0.625. The van der Waals surface area contributed by atoms with Gasteiger partial charge in [0.05, 0.1) is 48.6 Å². The highest BCUT2D eigenvalue weighted by Crippen LogP contribution is 2.31. The molecule has 8 nitrogen and oxygen atoms in total. The van der Waals surface area contributed by atoms with Gasteiger partial charge in [-0.2, -0.15) is 0 Å². The molecule has 8 heteroatoms. The van der Waals surface area contributed by atoms with Crippen molar-refractivity contribution in [1.29, 1.82) is 0 Å². The number of aliphatic hydroxyl groups excluding tert-OH is 3. The molecule has 262 valence electrons. The minimum absolute atomic E-state index is 0.0249. The second kappa shape index (κ2) is 21.7. The molecule has 0 spiro atoms. The maximum absolute atomic E-state index is 11.9. The highest BCUT2D eigenvalue weighted by molar-refractivity contribution is 5.83. The van der Waals surface area contributed by atoms with Gasteiger partial charge in [-0.1, -0.05) is 84.0 Å². The van der Waals surface area contributed by atoms with E-state index in [-0.39, 0.29) is 48.2 Å². The van der Waals surface area contributed by atoms with Crippen molar-refractivity contribution in [1.82, 2.24) is 0 Å². The topological polar surface area (TPSA) is 123 Å². The van der Waals surface area contributed by atoms with Crippen LogP contribution in [0.1, 0.15) is 168 Å². The average Bonchev–Trinajstić information content (AvgIpc) is 3.77. The quantitative estimate of drug-likeness (QED) is 0.0714. The zero-order valence-electron chi connectivity index (χ0n) is 28.5. The Labute approximate surface area is 273 Å². The maximum atomic E-state index is 11.9. The van der Waals surface area contributed by atoms with Gasteiger partial charge in [0.25, 0.3) is 0 Å². The number of ketones is 1. The number of rotatable bonds is 25. The van der Waals surface area contributed by atoms with Crippen LogP contribution in [0.25, 0.3) is 0 Å². The molecule has 0 aromatic carbocycles. The number of Topliss-reactive ketones (excluding diaryl/α,β-unsaturated/α-hetero) is 1. The lowest BCUT2D eigenvalue weighted by atomic mass is 9.96. The van der Waals surface area contributed by atoms with E-state index in [2.05, 4.69) is 6.92 Å². The molecule has 3 aliphatic rings. The number of aliphatic hydroxyl groups is 3. The number of carbonyl (C=O) groups excluding carboxylic acids is 2. The Kier molecular flexibility index (Phi) is 18.5. The fourth-order valence-electron chi connectivity index (χ4n) is 7.56. The van der Waals surface area contributed by atoms with E-state index in [1.807, 2.05) is 0 Å². The Balaban J connectivity index is 1.16. The molecule has 3 aliphatic heterocycles. The van der Waals surface area contributed by atoms with E-state index >= 15 is 0 Å². The van der Waals surface area contributed by atoms with Crippen LogP contribution in [-0.4, -0.2) is 75.9 Å². The zero-order valence-corrected chi connectivity index (χ0v) is 28.5. The summed E-state index contributed by atoms with van der Waals surface area (Å²) in [5.74, 6) is -0.398. The second-order valence-corrected chi connectivity index (χ2v) is 14.4. The summed E-state index contributed by atoms with van der Waals surface area (Å²) in [4.78, 5) is 23.2. The van der Waals surface area contributed by atoms with Crippen LogP contribution in [-0.2, 0) is 23.8 Å². The van der Waals surface area contributed by atoms with Crippen molar-refractivity contribution < 1.29 is 39.1 Å². The van der Waals surface area contributed by atoms with Gasteiger partial charge in [-0.05, 0) is 77.6 Å². The molecule has 0 bridgehead atoms. The van der Waals surface area contributed by atoms with Crippen LogP contribution in [0.5, 0.6) is 0 Å². The van der Waals surface area contributed by atoms with E-state index in [0.29, 0.717) is 25.7 Å². The lowest BCUT2D eigenvalue weighted by molar-refractivity contribution is -0.145. The van der Waals surface area contributed by atoms with Gasteiger partial charge in [0.15, 0.2) is 0 Å². The van der Waals surface area contributed by atoms with Crippen molar-refractivity contribution in [2.75, 3.05) is 0 Å². The smallest absolute Gasteiger partial charge is 0.309 e. The summed E-state index contributed by atoms with van der Waals surface area (Å²) in [6.07, 6.45) is 21.5. The van der Waals surface area contributed by atoms with Crippen molar-refractivity contribution in [2.45, 2.75) is 217 Å². The Hall–Kier alpha value is -1.06. The molecule has 0 aliphatic carbocycles.